The van der Waals surface area contributed by atoms with Crippen LogP contribution in [0.15, 0.2) is 12.7 Å². The molecule has 0 radical (unpaired) electrons. The molecule has 3 heterocycles. The van der Waals surface area contributed by atoms with E-state index in [1.807, 2.05) is 0 Å². The minimum atomic E-state index is -6.39. The van der Waals surface area contributed by atoms with E-state index < -0.39 is 57.6 Å². The van der Waals surface area contributed by atoms with Crippen LogP contribution in [-0.4, -0.2) is 82.8 Å². The van der Waals surface area contributed by atoms with Gasteiger partial charge in [-0.2, -0.15) is 0 Å². The third kappa shape index (κ3) is 2.70. The highest BCUT2D eigenvalue weighted by atomic mass is 31.2. The zero-order chi connectivity index (χ0) is 22.9. The molecule has 0 saturated carbocycles. The van der Waals surface area contributed by atoms with Crippen LogP contribution < -0.4 is 5.73 Å². The number of imidazole rings is 1. The van der Waals surface area contributed by atoms with Crippen molar-refractivity contribution in [2.45, 2.75) is 22.6 Å². The molecule has 168 valence electrons. The fraction of sp³-hybridized carbons (Fsp3) is 0.500. The van der Waals surface area contributed by atoms with Crippen LogP contribution in [0.4, 0.5) is 5.82 Å². The van der Waals surface area contributed by atoms with Crippen LogP contribution in [0.25, 0.3) is 11.2 Å². The molecule has 0 aliphatic carbocycles. The number of fused-ring (bicyclic) bond motifs is 1. The van der Waals surface area contributed by atoms with E-state index in [1.165, 1.54) is 0 Å². The third-order valence-corrected chi connectivity index (χ3v) is 11.0. The van der Waals surface area contributed by atoms with Crippen molar-refractivity contribution in [3.63, 3.8) is 0 Å². The summed E-state index contributed by atoms with van der Waals surface area (Å²) in [5, 5.41) is 19.9. The van der Waals surface area contributed by atoms with E-state index in [9.17, 15) is 53.3 Å². The van der Waals surface area contributed by atoms with Gasteiger partial charge in [0.15, 0.2) is 11.5 Å². The average molecular weight is 491 g/mol. The molecule has 1 saturated heterocycles. The number of hydrogen-bond donors (Lipinski definition) is 9. The van der Waals surface area contributed by atoms with E-state index in [0.717, 1.165) is 6.33 Å². The van der Waals surface area contributed by atoms with Gasteiger partial charge in [-0.1, -0.05) is 0 Å². The van der Waals surface area contributed by atoms with E-state index in [2.05, 4.69) is 15.0 Å². The van der Waals surface area contributed by atoms with Gasteiger partial charge in [-0.05, 0) is 0 Å². The SMILES string of the molecule is Nc1ncnc2c1ncn2[C@]1(P(=O)(O)O)O[C@H](CO)[C@@H](O)C1(P(=O)(O)O)P(=O)(O)O. The third-order valence-electron chi connectivity index (χ3n) is 4.71. The number of hydrogen-bond acceptors (Lipinski definition) is 10. The van der Waals surface area contributed by atoms with Crippen LogP contribution in [0.1, 0.15) is 0 Å². The normalized spacial score (nSPS) is 27.6. The number of aliphatic hydroxyl groups is 2. The summed E-state index contributed by atoms with van der Waals surface area (Å²) in [6.45, 7) is -1.32. The number of nitrogens with zero attached hydrogens (tertiary/aromatic N) is 4. The van der Waals surface area contributed by atoms with Crippen molar-refractivity contribution >= 4 is 39.8 Å². The molecule has 1 fully saturated rings. The van der Waals surface area contributed by atoms with E-state index in [-0.39, 0.29) is 15.9 Å². The van der Waals surface area contributed by atoms with Gasteiger partial charge in [-0.3, -0.25) is 18.3 Å². The zero-order valence-corrected chi connectivity index (χ0v) is 17.1. The molecule has 17 nitrogen and oxygen atoms in total. The van der Waals surface area contributed by atoms with Crippen LogP contribution in [0, 0.1) is 0 Å². The van der Waals surface area contributed by atoms with Gasteiger partial charge < -0.3 is 50.0 Å². The van der Waals surface area contributed by atoms with Gasteiger partial charge in [0.1, 0.15) is 30.4 Å². The highest BCUT2D eigenvalue weighted by molar-refractivity contribution is 7.74. The number of anilines is 1. The second-order valence-electron chi connectivity index (χ2n) is 6.30. The highest BCUT2D eigenvalue weighted by Gasteiger charge is 2.88. The second kappa shape index (κ2) is 6.84. The van der Waals surface area contributed by atoms with Crippen LogP contribution in [0.3, 0.4) is 0 Å². The molecule has 1 aliphatic heterocycles. The molecule has 2 aromatic heterocycles. The summed E-state index contributed by atoms with van der Waals surface area (Å²) in [6, 6.07) is 0. The maximum atomic E-state index is 12.7. The summed E-state index contributed by atoms with van der Waals surface area (Å²) in [7, 11) is -19.0. The number of nitrogens with two attached hydrogens (primary N) is 1. The Morgan fingerprint density at radius 1 is 1.03 bits per heavy atom. The van der Waals surface area contributed by atoms with Crippen molar-refractivity contribution < 1.29 is 58.0 Å². The maximum Gasteiger partial charge on any atom is 0.380 e. The van der Waals surface area contributed by atoms with Gasteiger partial charge in [0.05, 0.1) is 6.61 Å². The van der Waals surface area contributed by atoms with Gasteiger partial charge in [0, 0.05) is 0 Å². The quantitative estimate of drug-likeness (QED) is 0.188. The Morgan fingerprint density at radius 2 is 1.60 bits per heavy atom. The van der Waals surface area contributed by atoms with Crippen LogP contribution in [-0.2, 0) is 23.9 Å². The smallest absolute Gasteiger partial charge is 0.380 e. The van der Waals surface area contributed by atoms with Crippen molar-refractivity contribution in [2.75, 3.05) is 12.3 Å². The number of aromatic nitrogens is 4. The van der Waals surface area contributed by atoms with Gasteiger partial charge in [-0.15, -0.1) is 0 Å². The summed E-state index contributed by atoms with van der Waals surface area (Å²) < 4.78 is 42.8. The first kappa shape index (κ1) is 23.3. The molecular formula is C10H16N5O12P3. The topological polar surface area (TPSA) is 292 Å². The largest absolute Gasteiger partial charge is 0.394 e. The first-order chi connectivity index (χ1) is 13.6. The Bertz CT molecular complexity index is 1110. The molecule has 30 heavy (non-hydrogen) atoms. The number of ether oxygens (including phenoxy) is 1. The molecule has 2 aromatic rings. The molecule has 1 aliphatic rings. The predicted octanol–water partition coefficient (Wildman–Crippen LogP) is -3.00. The fourth-order valence-electron chi connectivity index (χ4n) is 3.58. The molecule has 10 N–H and O–H groups in total. The molecule has 0 spiro atoms. The summed E-state index contributed by atoms with van der Waals surface area (Å²) in [5.74, 6) is -0.352. The summed E-state index contributed by atoms with van der Waals surface area (Å²) in [6.07, 6.45) is -3.92. The zero-order valence-electron chi connectivity index (χ0n) is 14.4. The van der Waals surface area contributed by atoms with Gasteiger partial charge in [-0.25, -0.2) is 15.0 Å². The first-order valence-electron chi connectivity index (χ1n) is 7.65. The minimum Gasteiger partial charge on any atom is -0.394 e. The summed E-state index contributed by atoms with van der Waals surface area (Å²) in [4.78, 5) is 66.8. The minimum absolute atomic E-state index is 0.165. The predicted molar refractivity (Wildman–Crippen MR) is 94.5 cm³/mol. The average Bonchev–Trinajstić information content (AvgIpc) is 3.11. The summed E-state index contributed by atoms with van der Waals surface area (Å²) >= 11 is 0. The Kier molecular flexibility index (Phi) is 5.32. The van der Waals surface area contributed by atoms with Gasteiger partial charge >= 0.3 is 22.8 Å². The van der Waals surface area contributed by atoms with Crippen molar-refractivity contribution in [3.8, 4) is 0 Å². The van der Waals surface area contributed by atoms with Crippen molar-refractivity contribution in [1.82, 2.24) is 19.5 Å². The van der Waals surface area contributed by atoms with Crippen LogP contribution in [0.2, 0.25) is 0 Å². The van der Waals surface area contributed by atoms with Crippen LogP contribution in [0.5, 0.6) is 0 Å². The Labute approximate surface area is 165 Å². The van der Waals surface area contributed by atoms with E-state index >= 15 is 0 Å². The maximum absolute atomic E-state index is 12.7. The Hall–Kier alpha value is -1.32. The molecular weight excluding hydrogens is 475 g/mol. The van der Waals surface area contributed by atoms with E-state index in [1.54, 1.807) is 0 Å². The Balaban J connectivity index is 2.63. The first-order valence-corrected chi connectivity index (χ1v) is 12.5. The van der Waals surface area contributed by atoms with Gasteiger partial charge in [0.2, 0.25) is 0 Å². The van der Waals surface area contributed by atoms with Crippen molar-refractivity contribution in [2.24, 2.45) is 0 Å². The van der Waals surface area contributed by atoms with Crippen molar-refractivity contribution in [3.05, 3.63) is 12.7 Å². The fourth-order valence-corrected chi connectivity index (χ4v) is 9.86. The molecule has 0 aromatic carbocycles. The lowest BCUT2D eigenvalue weighted by molar-refractivity contribution is -0.0800. The lowest BCUT2D eigenvalue weighted by atomic mass is 10.1. The molecule has 3 rings (SSSR count). The highest BCUT2D eigenvalue weighted by Crippen LogP contribution is 2.85. The molecule has 3 atom stereocenters. The number of nitrogen functional groups attached to an aromatic ring is 1. The lowest BCUT2D eigenvalue weighted by Crippen LogP contribution is -2.56. The second-order valence-corrected chi connectivity index (χ2v) is 11.9. The van der Waals surface area contributed by atoms with Crippen LogP contribution >= 0.6 is 22.8 Å². The monoisotopic (exact) mass is 491 g/mol. The van der Waals surface area contributed by atoms with E-state index in [0.29, 0.717) is 6.33 Å². The molecule has 0 amide bonds. The standard InChI is InChI=1S/C10H16N5O12P3/c11-7-5-8(13-2-12-7)15(3-14-5)10(30(24,25)26)9(28(18,19)20,29(21,22)23)6(17)4(1-16)27-10/h2-4,6,16-17H,1H2,(H2,11,12,13)(H2,18,19,20)(H2,21,22,23)(H2,24,25,26)/t4-,6-,10+/m1/s1. The lowest BCUT2D eigenvalue weighted by Gasteiger charge is -2.44. The van der Waals surface area contributed by atoms with E-state index in [4.69, 9.17) is 10.5 Å². The molecule has 0 unspecified atom stereocenters. The molecule has 20 heteroatoms. The Morgan fingerprint density at radius 3 is 2.07 bits per heavy atom. The van der Waals surface area contributed by atoms with Gasteiger partial charge in [0.25, 0.3) is 10.4 Å². The molecule has 0 bridgehead atoms. The summed E-state index contributed by atoms with van der Waals surface area (Å²) in [5.41, 5.74) is 0.628. The van der Waals surface area contributed by atoms with Crippen molar-refractivity contribution in [1.29, 1.82) is 0 Å². The number of aliphatic hydroxyl groups excluding tert-OH is 2. The number of rotatable bonds is 5.